The van der Waals surface area contributed by atoms with E-state index in [0.29, 0.717) is 11.3 Å². The molecule has 1 aromatic heterocycles. The fraction of sp³-hybridized carbons (Fsp3) is 0.0909. The molecular formula is C11H6Cl2F2N2O. The van der Waals surface area contributed by atoms with E-state index >= 15 is 0 Å². The summed E-state index contributed by atoms with van der Waals surface area (Å²) in [5.74, 6) is -0.00154. The van der Waals surface area contributed by atoms with Gasteiger partial charge in [0.2, 0.25) is 5.28 Å². The van der Waals surface area contributed by atoms with Crippen molar-refractivity contribution in [2.75, 3.05) is 0 Å². The average molecular weight is 291 g/mol. The van der Waals surface area contributed by atoms with Crippen LogP contribution >= 0.6 is 23.2 Å². The molecule has 3 nitrogen and oxygen atoms in total. The van der Waals surface area contributed by atoms with Gasteiger partial charge >= 0.3 is 6.61 Å². The topological polar surface area (TPSA) is 35.0 Å². The van der Waals surface area contributed by atoms with E-state index in [4.69, 9.17) is 23.2 Å². The molecule has 0 N–H and O–H groups in total. The molecule has 0 saturated carbocycles. The number of alkyl halides is 2. The van der Waals surface area contributed by atoms with Gasteiger partial charge in [0.05, 0.1) is 5.69 Å². The zero-order valence-electron chi connectivity index (χ0n) is 8.78. The summed E-state index contributed by atoms with van der Waals surface area (Å²) in [6.45, 7) is -2.92. The Morgan fingerprint density at radius 1 is 1.11 bits per heavy atom. The summed E-state index contributed by atoms with van der Waals surface area (Å²) >= 11 is 11.4. The van der Waals surface area contributed by atoms with Gasteiger partial charge in [0, 0.05) is 11.6 Å². The van der Waals surface area contributed by atoms with E-state index in [2.05, 4.69) is 14.7 Å². The predicted octanol–water partition coefficient (Wildman–Crippen LogP) is 4.05. The van der Waals surface area contributed by atoms with Gasteiger partial charge in [-0.1, -0.05) is 23.7 Å². The smallest absolute Gasteiger partial charge is 0.387 e. The molecule has 0 spiro atoms. The number of nitrogens with zero attached hydrogens (tertiary/aromatic N) is 2. The highest BCUT2D eigenvalue weighted by atomic mass is 35.5. The lowest BCUT2D eigenvalue weighted by molar-refractivity contribution is -0.0494. The predicted molar refractivity (Wildman–Crippen MR) is 64.1 cm³/mol. The maximum Gasteiger partial charge on any atom is 0.387 e. The summed E-state index contributed by atoms with van der Waals surface area (Å²) in [6, 6.07) is 7.64. The summed E-state index contributed by atoms with van der Waals surface area (Å²) in [6.07, 6.45) is 0. The Kier molecular flexibility index (Phi) is 3.93. The number of hydrogen-bond donors (Lipinski definition) is 0. The highest BCUT2D eigenvalue weighted by molar-refractivity contribution is 6.32. The number of rotatable bonds is 3. The van der Waals surface area contributed by atoms with Crippen molar-refractivity contribution in [1.82, 2.24) is 9.97 Å². The molecule has 0 aliphatic rings. The van der Waals surface area contributed by atoms with Gasteiger partial charge in [-0.15, -0.1) is 0 Å². The van der Waals surface area contributed by atoms with Crippen molar-refractivity contribution in [3.05, 3.63) is 40.8 Å². The van der Waals surface area contributed by atoms with E-state index in [1.165, 1.54) is 12.1 Å². The van der Waals surface area contributed by atoms with Gasteiger partial charge in [0.1, 0.15) is 10.9 Å². The normalized spacial score (nSPS) is 10.7. The summed E-state index contributed by atoms with van der Waals surface area (Å²) < 4.78 is 28.9. The number of para-hydroxylation sites is 1. The Bertz CT molecular complexity index is 546. The largest absolute Gasteiger partial charge is 0.434 e. The molecule has 0 bridgehead atoms. The molecule has 18 heavy (non-hydrogen) atoms. The lowest BCUT2D eigenvalue weighted by atomic mass is 10.1. The summed E-state index contributed by atoms with van der Waals surface area (Å²) in [5.41, 5.74) is 0.681. The van der Waals surface area contributed by atoms with E-state index in [1.807, 2.05) is 0 Å². The van der Waals surface area contributed by atoms with Crippen molar-refractivity contribution < 1.29 is 13.5 Å². The lowest BCUT2D eigenvalue weighted by Gasteiger charge is -2.10. The van der Waals surface area contributed by atoms with Gasteiger partial charge in [-0.2, -0.15) is 8.78 Å². The Hall–Kier alpha value is -1.46. The van der Waals surface area contributed by atoms with E-state index in [9.17, 15) is 8.78 Å². The van der Waals surface area contributed by atoms with Crippen LogP contribution in [0.25, 0.3) is 11.3 Å². The van der Waals surface area contributed by atoms with Crippen LogP contribution in [0, 0.1) is 0 Å². The SMILES string of the molecule is FC(F)Oc1ccccc1-c1cc(Cl)nc(Cl)n1. The van der Waals surface area contributed by atoms with Crippen molar-refractivity contribution in [2.24, 2.45) is 0 Å². The Balaban J connectivity index is 2.49. The zero-order chi connectivity index (χ0) is 13.1. The first-order valence-electron chi connectivity index (χ1n) is 4.80. The maximum atomic E-state index is 12.3. The van der Waals surface area contributed by atoms with Crippen LogP contribution in [-0.2, 0) is 0 Å². The summed E-state index contributed by atoms with van der Waals surface area (Å²) in [4.78, 5) is 7.60. The number of benzene rings is 1. The molecule has 7 heteroatoms. The first kappa shape index (κ1) is 13.0. The number of halogens is 4. The first-order chi connectivity index (χ1) is 8.56. The van der Waals surface area contributed by atoms with E-state index < -0.39 is 6.61 Å². The molecule has 0 aliphatic carbocycles. The van der Waals surface area contributed by atoms with Gasteiger partial charge < -0.3 is 4.74 Å². The molecule has 94 valence electrons. The van der Waals surface area contributed by atoms with Crippen LogP contribution in [-0.4, -0.2) is 16.6 Å². The summed E-state index contributed by atoms with van der Waals surface area (Å²) in [7, 11) is 0. The molecule has 0 aliphatic heterocycles. The highest BCUT2D eigenvalue weighted by Crippen LogP contribution is 2.31. The standard InChI is InChI=1S/C11H6Cl2F2N2O/c12-9-5-7(16-10(13)17-9)6-3-1-2-4-8(6)18-11(14)15/h1-5,11H. The first-order valence-corrected chi connectivity index (χ1v) is 5.56. The molecule has 0 unspecified atom stereocenters. The van der Waals surface area contributed by atoms with Crippen LogP contribution in [0.15, 0.2) is 30.3 Å². The second-order valence-corrected chi connectivity index (χ2v) is 3.94. The van der Waals surface area contributed by atoms with Crippen molar-refractivity contribution in [2.45, 2.75) is 6.61 Å². The minimum Gasteiger partial charge on any atom is -0.434 e. The summed E-state index contributed by atoms with van der Waals surface area (Å²) in [5, 5.41) is 0.0567. The maximum absolute atomic E-state index is 12.3. The van der Waals surface area contributed by atoms with Gasteiger partial charge in [-0.25, -0.2) is 9.97 Å². The molecule has 0 amide bonds. The van der Waals surface area contributed by atoms with Crippen LogP contribution in [0.5, 0.6) is 5.75 Å². The number of hydrogen-bond acceptors (Lipinski definition) is 3. The fourth-order valence-electron chi connectivity index (χ4n) is 1.40. The molecule has 0 saturated heterocycles. The second kappa shape index (κ2) is 5.46. The average Bonchev–Trinajstić information content (AvgIpc) is 2.27. The van der Waals surface area contributed by atoms with Crippen molar-refractivity contribution in [3.8, 4) is 17.0 Å². The minimum atomic E-state index is -2.92. The third kappa shape index (κ3) is 3.05. The van der Waals surface area contributed by atoms with Crippen LogP contribution in [0.3, 0.4) is 0 Å². The van der Waals surface area contributed by atoms with E-state index in [0.717, 1.165) is 0 Å². The number of ether oxygens (including phenoxy) is 1. The van der Waals surface area contributed by atoms with Crippen molar-refractivity contribution in [3.63, 3.8) is 0 Å². The minimum absolute atomic E-state index is 0.00154. The van der Waals surface area contributed by atoms with Crippen LogP contribution in [0.2, 0.25) is 10.4 Å². The molecule has 2 rings (SSSR count). The Morgan fingerprint density at radius 2 is 1.83 bits per heavy atom. The van der Waals surface area contributed by atoms with Crippen molar-refractivity contribution in [1.29, 1.82) is 0 Å². The lowest BCUT2D eigenvalue weighted by Crippen LogP contribution is -2.03. The van der Waals surface area contributed by atoms with E-state index in [1.54, 1.807) is 18.2 Å². The van der Waals surface area contributed by atoms with Crippen LogP contribution < -0.4 is 4.74 Å². The van der Waals surface area contributed by atoms with Gasteiger partial charge in [0.25, 0.3) is 0 Å². The monoisotopic (exact) mass is 290 g/mol. The third-order valence-electron chi connectivity index (χ3n) is 2.05. The van der Waals surface area contributed by atoms with Crippen LogP contribution in [0.4, 0.5) is 8.78 Å². The quantitative estimate of drug-likeness (QED) is 0.632. The molecule has 2 aromatic rings. The van der Waals surface area contributed by atoms with Gasteiger partial charge in [-0.3, -0.25) is 0 Å². The molecule has 1 aromatic carbocycles. The van der Waals surface area contributed by atoms with Gasteiger partial charge in [-0.05, 0) is 23.7 Å². The van der Waals surface area contributed by atoms with Gasteiger partial charge in [0.15, 0.2) is 0 Å². The Labute approximate surface area is 111 Å². The highest BCUT2D eigenvalue weighted by Gasteiger charge is 2.13. The third-order valence-corrected chi connectivity index (χ3v) is 2.41. The van der Waals surface area contributed by atoms with Crippen molar-refractivity contribution >= 4 is 23.2 Å². The number of aromatic nitrogens is 2. The zero-order valence-corrected chi connectivity index (χ0v) is 10.3. The molecular weight excluding hydrogens is 285 g/mol. The molecule has 0 radical (unpaired) electrons. The van der Waals surface area contributed by atoms with Crippen LogP contribution in [0.1, 0.15) is 0 Å². The molecule has 0 fully saturated rings. The molecule has 0 atom stereocenters. The second-order valence-electron chi connectivity index (χ2n) is 3.22. The van der Waals surface area contributed by atoms with E-state index in [-0.39, 0.29) is 16.2 Å². The Morgan fingerprint density at radius 3 is 2.50 bits per heavy atom. The molecule has 1 heterocycles. The fourth-order valence-corrected chi connectivity index (χ4v) is 1.81.